The molecule has 1 rings (SSSR count). The average Bonchev–Trinajstić information content (AvgIpc) is 1.97. The molecule has 0 aromatic rings. The monoisotopic (exact) mass is 360 g/mol. The van der Waals surface area contributed by atoms with Crippen molar-refractivity contribution in [2.45, 2.75) is 0 Å². The zero-order chi connectivity index (χ0) is 8.59. The number of hydrogen-bond donors (Lipinski definition) is 0. The van der Waals surface area contributed by atoms with Crippen molar-refractivity contribution in [2.75, 3.05) is 0 Å². The van der Waals surface area contributed by atoms with Crippen molar-refractivity contribution in [2.24, 2.45) is 0 Å². The summed E-state index contributed by atoms with van der Waals surface area (Å²) in [6.45, 7) is 0. The second-order valence-corrected chi connectivity index (χ2v) is 1.69. The normalized spacial score (nSPS) is 13.0. The van der Waals surface area contributed by atoms with E-state index < -0.39 is 29.5 Å². The van der Waals surface area contributed by atoms with Gasteiger partial charge >= 0.3 is 0 Å². The summed E-state index contributed by atoms with van der Waals surface area (Å²) >= 11 is 0. The van der Waals surface area contributed by atoms with Crippen molar-refractivity contribution < 1.29 is 66.5 Å². The predicted octanol–water partition coefficient (Wildman–Crippen LogP) is -12.0. The van der Waals surface area contributed by atoms with Gasteiger partial charge in [-0.1, -0.05) is 0 Å². The zero-order valence-corrected chi connectivity index (χ0v) is 9.19. The molecular weight excluding hydrogens is 358 g/mol. The van der Waals surface area contributed by atoms with Crippen LogP contribution in [0, 0.1) is 6.17 Å². The van der Waals surface area contributed by atoms with Crippen LogP contribution in [0.4, 0.5) is 22.0 Å². The van der Waals surface area contributed by atoms with Gasteiger partial charge in [-0.05, 0) is 5.73 Å². The molecule has 0 aromatic heterocycles. The Labute approximate surface area is 102 Å². The van der Waals surface area contributed by atoms with E-state index in [0.29, 0.717) is 0 Å². The summed E-state index contributed by atoms with van der Waals surface area (Å²) in [6, 6.07) is 0. The standard InChI is InChI=1S/C6F5.5FH.Mo/c7-2-1-3(8)5(10)6(11)4(2)9;;;;;;/h;5*1H;/p-5. The minimum atomic E-state index is -2.17. The average molecular weight is 358 g/mol. The van der Waals surface area contributed by atoms with E-state index >= 15 is 0 Å². The molecular formula is C6F10Mo-5. The first-order valence-corrected chi connectivity index (χ1v) is 2.44. The van der Waals surface area contributed by atoms with Crippen molar-refractivity contribution in [1.29, 1.82) is 0 Å². The van der Waals surface area contributed by atoms with Gasteiger partial charge in [0.2, 0.25) is 11.7 Å². The summed E-state index contributed by atoms with van der Waals surface area (Å²) < 4.78 is 59.9. The molecule has 0 nitrogen and oxygen atoms in total. The molecule has 1 radical (unpaired) electrons. The van der Waals surface area contributed by atoms with E-state index in [0.717, 1.165) is 5.73 Å². The minimum absolute atomic E-state index is 0. The van der Waals surface area contributed by atoms with Crippen molar-refractivity contribution in [1.82, 2.24) is 0 Å². The van der Waals surface area contributed by atoms with Gasteiger partial charge in [0, 0.05) is 21.1 Å². The first-order chi connectivity index (χ1) is 5.04. The molecule has 0 fully saturated rings. The molecule has 0 heterocycles. The van der Waals surface area contributed by atoms with Crippen molar-refractivity contribution >= 4 is 0 Å². The van der Waals surface area contributed by atoms with E-state index in [1.165, 1.54) is 0 Å². The molecule has 11 heteroatoms. The van der Waals surface area contributed by atoms with E-state index in [-0.39, 0.29) is 44.6 Å². The van der Waals surface area contributed by atoms with E-state index in [1.54, 1.807) is 0 Å². The van der Waals surface area contributed by atoms with Crippen LogP contribution >= 0.6 is 0 Å². The summed E-state index contributed by atoms with van der Waals surface area (Å²) in [4.78, 5) is 0. The molecule has 0 atom stereocenters. The van der Waals surface area contributed by atoms with E-state index in [4.69, 9.17) is 0 Å². The summed E-state index contributed by atoms with van der Waals surface area (Å²) in [5, 5.41) is 0. The van der Waals surface area contributed by atoms with Crippen LogP contribution in [0.3, 0.4) is 0 Å². The third-order valence-electron chi connectivity index (χ3n) is 0.990. The van der Waals surface area contributed by atoms with Gasteiger partial charge in [-0.15, -0.1) is 0 Å². The molecule has 0 unspecified atom stereocenters. The third kappa shape index (κ3) is 7.22. The molecule has 0 spiro atoms. The first-order valence-electron chi connectivity index (χ1n) is 2.44. The van der Waals surface area contributed by atoms with Gasteiger partial charge in [-0.3, -0.25) is 0 Å². The van der Waals surface area contributed by atoms with Gasteiger partial charge in [0.15, 0.2) is 11.7 Å². The number of rotatable bonds is 0. The van der Waals surface area contributed by atoms with Gasteiger partial charge in [-0.2, -0.15) is 13.2 Å². The smallest absolute Gasteiger partial charge is 0.270 e. The Bertz CT molecular complexity index is 291. The first kappa shape index (κ1) is 36.0. The van der Waals surface area contributed by atoms with Crippen LogP contribution in [0.25, 0.3) is 0 Å². The molecule has 0 bridgehead atoms. The molecule has 0 saturated carbocycles. The van der Waals surface area contributed by atoms with Gasteiger partial charge in [0.1, 0.15) is 0 Å². The van der Waals surface area contributed by atoms with Crippen molar-refractivity contribution in [3.8, 4) is 0 Å². The zero-order valence-electron chi connectivity index (χ0n) is 7.19. The summed E-state index contributed by atoms with van der Waals surface area (Å²) in [5.74, 6) is -7.98. The number of halogens is 10. The molecule has 0 N–H and O–H groups in total. The Morgan fingerprint density at radius 2 is 0.941 bits per heavy atom. The van der Waals surface area contributed by atoms with Crippen LogP contribution < -0.4 is 23.5 Å². The minimum Gasteiger partial charge on any atom is -1.00 e. The Hall–Kier alpha value is -0.752. The van der Waals surface area contributed by atoms with Crippen LogP contribution in [0.15, 0.2) is 29.0 Å². The van der Waals surface area contributed by atoms with E-state index in [1.807, 2.05) is 0 Å². The third-order valence-corrected chi connectivity index (χ3v) is 0.990. The van der Waals surface area contributed by atoms with Gasteiger partial charge in [-0.25, -0.2) is 8.78 Å². The SMILES string of the molecule is F[C]1C(F)=C=C(F)C(F)=C1F.[F-].[F-].[F-].[F-].[F-].[Mo]. The molecule has 0 aromatic carbocycles. The molecule has 0 aliphatic heterocycles. The molecule has 0 amide bonds. The largest absolute Gasteiger partial charge is 1.00 e. The van der Waals surface area contributed by atoms with Crippen molar-refractivity contribution in [3.63, 3.8) is 0 Å². The fraction of sp³-hybridized carbons (Fsp3) is 0. The fourth-order valence-electron chi connectivity index (χ4n) is 0.495. The van der Waals surface area contributed by atoms with Gasteiger partial charge in [0.25, 0.3) is 6.17 Å². The predicted molar refractivity (Wildman–Crippen MR) is 26.3 cm³/mol. The second kappa shape index (κ2) is 13.3. The maximum atomic E-state index is 12.0. The summed E-state index contributed by atoms with van der Waals surface area (Å²) in [5.41, 5.74) is 1.02. The number of hydrogen-bond acceptors (Lipinski definition) is 0. The molecule has 17 heavy (non-hydrogen) atoms. The Balaban J connectivity index is -0.0000000504. The van der Waals surface area contributed by atoms with E-state index in [9.17, 15) is 22.0 Å². The Kier molecular flexibility index (Phi) is 28.2. The molecule has 105 valence electrons. The van der Waals surface area contributed by atoms with Crippen LogP contribution in [-0.2, 0) is 21.1 Å². The van der Waals surface area contributed by atoms with Crippen LogP contribution in [0.1, 0.15) is 0 Å². The molecule has 1 aliphatic carbocycles. The van der Waals surface area contributed by atoms with Gasteiger partial charge < -0.3 is 23.5 Å². The Morgan fingerprint density at radius 3 is 1.29 bits per heavy atom. The topological polar surface area (TPSA) is 0 Å². The molecule has 0 saturated heterocycles. The molecule has 1 aliphatic rings. The maximum Gasteiger partial charge on any atom is 0.270 e. The quantitative estimate of drug-likeness (QED) is 0.229. The fourth-order valence-corrected chi connectivity index (χ4v) is 0.495. The van der Waals surface area contributed by atoms with E-state index in [2.05, 4.69) is 0 Å². The van der Waals surface area contributed by atoms with Crippen LogP contribution in [0.5, 0.6) is 0 Å². The van der Waals surface area contributed by atoms with Gasteiger partial charge in [0.05, 0.1) is 0 Å². The second-order valence-electron chi connectivity index (χ2n) is 1.69. The summed E-state index contributed by atoms with van der Waals surface area (Å²) in [6.07, 6.45) is -2.07. The van der Waals surface area contributed by atoms with Crippen LogP contribution in [0.2, 0.25) is 0 Å². The Morgan fingerprint density at radius 1 is 0.588 bits per heavy atom. The summed E-state index contributed by atoms with van der Waals surface area (Å²) in [7, 11) is 0. The maximum absolute atomic E-state index is 12.0. The number of allylic oxidation sites excluding steroid dienone is 3. The van der Waals surface area contributed by atoms with Crippen LogP contribution in [-0.4, -0.2) is 0 Å². The van der Waals surface area contributed by atoms with Crippen molar-refractivity contribution in [3.05, 3.63) is 35.2 Å².